The molecule has 1 N–H and O–H groups in total. The summed E-state index contributed by atoms with van der Waals surface area (Å²) in [5.41, 5.74) is 0.975. The zero-order valence-electron chi connectivity index (χ0n) is 9.53. The molecule has 1 rings (SSSR count). The van der Waals surface area contributed by atoms with Crippen LogP contribution in [0, 0.1) is 0 Å². The molecule has 0 unspecified atom stereocenters. The Labute approximate surface area is 94.8 Å². The maximum atomic E-state index is 10.4. The summed E-state index contributed by atoms with van der Waals surface area (Å²) >= 11 is 0. The van der Waals surface area contributed by atoms with Crippen molar-refractivity contribution in [3.63, 3.8) is 0 Å². The lowest BCUT2D eigenvalue weighted by atomic mass is 10.1. The molecular formula is C12H16O4. The van der Waals surface area contributed by atoms with Gasteiger partial charge in [0.2, 0.25) is 0 Å². The summed E-state index contributed by atoms with van der Waals surface area (Å²) < 4.78 is 10.4. The van der Waals surface area contributed by atoms with E-state index in [2.05, 4.69) is 0 Å². The molecule has 16 heavy (non-hydrogen) atoms. The highest BCUT2D eigenvalue weighted by Crippen LogP contribution is 2.31. The molecule has 0 saturated carbocycles. The van der Waals surface area contributed by atoms with Gasteiger partial charge in [-0.2, -0.15) is 0 Å². The number of para-hydroxylation sites is 1. The van der Waals surface area contributed by atoms with E-state index < -0.39 is 5.97 Å². The molecule has 1 aromatic rings. The number of ether oxygens (including phenoxy) is 2. The molecule has 4 heteroatoms. The smallest absolute Gasteiger partial charge is 0.303 e. The molecule has 88 valence electrons. The molecule has 0 fully saturated rings. The van der Waals surface area contributed by atoms with E-state index in [-0.39, 0.29) is 6.42 Å². The number of rotatable bonds is 6. The Kier molecular flexibility index (Phi) is 4.64. The van der Waals surface area contributed by atoms with Crippen LogP contribution >= 0.6 is 0 Å². The van der Waals surface area contributed by atoms with Gasteiger partial charge in [0.1, 0.15) is 0 Å². The number of carboxylic acid groups (broad SMARTS) is 1. The van der Waals surface area contributed by atoms with E-state index in [1.807, 2.05) is 18.2 Å². The quantitative estimate of drug-likeness (QED) is 0.804. The monoisotopic (exact) mass is 224 g/mol. The van der Waals surface area contributed by atoms with Gasteiger partial charge in [-0.15, -0.1) is 0 Å². The molecule has 0 aliphatic rings. The highest BCUT2D eigenvalue weighted by Gasteiger charge is 2.09. The largest absolute Gasteiger partial charge is 0.493 e. The van der Waals surface area contributed by atoms with Crippen LogP contribution in [-0.4, -0.2) is 25.3 Å². The molecule has 0 aromatic heterocycles. The molecule has 0 bridgehead atoms. The number of aliphatic carboxylic acids is 1. The van der Waals surface area contributed by atoms with Gasteiger partial charge in [0.05, 0.1) is 14.2 Å². The van der Waals surface area contributed by atoms with Gasteiger partial charge in [-0.3, -0.25) is 4.79 Å². The van der Waals surface area contributed by atoms with Crippen LogP contribution < -0.4 is 9.47 Å². The Bertz CT molecular complexity index is 360. The fourth-order valence-corrected chi connectivity index (χ4v) is 1.58. The van der Waals surface area contributed by atoms with Crippen molar-refractivity contribution in [2.45, 2.75) is 19.3 Å². The molecule has 0 aliphatic heterocycles. The summed E-state index contributed by atoms with van der Waals surface area (Å²) in [6.45, 7) is 0. The predicted molar refractivity (Wildman–Crippen MR) is 60.1 cm³/mol. The van der Waals surface area contributed by atoms with E-state index in [1.165, 1.54) is 0 Å². The van der Waals surface area contributed by atoms with Crippen molar-refractivity contribution in [2.24, 2.45) is 0 Å². The molecule has 0 radical (unpaired) electrons. The Morgan fingerprint density at radius 2 is 2.06 bits per heavy atom. The summed E-state index contributed by atoms with van der Waals surface area (Å²) in [7, 11) is 3.16. The number of hydrogen-bond acceptors (Lipinski definition) is 3. The Balaban J connectivity index is 2.74. The van der Waals surface area contributed by atoms with Crippen LogP contribution in [0.25, 0.3) is 0 Å². The van der Waals surface area contributed by atoms with E-state index in [1.54, 1.807) is 14.2 Å². The van der Waals surface area contributed by atoms with Crippen LogP contribution in [0.5, 0.6) is 11.5 Å². The van der Waals surface area contributed by atoms with E-state index in [9.17, 15) is 4.79 Å². The minimum absolute atomic E-state index is 0.167. The van der Waals surface area contributed by atoms with E-state index >= 15 is 0 Å². The van der Waals surface area contributed by atoms with Crippen molar-refractivity contribution in [3.8, 4) is 11.5 Å². The molecular weight excluding hydrogens is 208 g/mol. The summed E-state index contributed by atoms with van der Waals surface area (Å²) in [5, 5.41) is 8.56. The van der Waals surface area contributed by atoms with Gasteiger partial charge < -0.3 is 14.6 Å². The summed E-state index contributed by atoms with van der Waals surface area (Å²) in [6.07, 6.45) is 1.44. The fourth-order valence-electron chi connectivity index (χ4n) is 1.58. The lowest BCUT2D eigenvalue weighted by Crippen LogP contribution is -1.99. The average Bonchev–Trinajstić information content (AvgIpc) is 2.28. The van der Waals surface area contributed by atoms with Crippen LogP contribution in [0.4, 0.5) is 0 Å². The highest BCUT2D eigenvalue weighted by atomic mass is 16.5. The summed E-state index contributed by atoms with van der Waals surface area (Å²) in [4.78, 5) is 10.4. The molecule has 4 nitrogen and oxygen atoms in total. The third-order valence-corrected chi connectivity index (χ3v) is 2.32. The van der Waals surface area contributed by atoms with Crippen molar-refractivity contribution >= 4 is 5.97 Å². The van der Waals surface area contributed by atoms with Crippen molar-refractivity contribution in [2.75, 3.05) is 14.2 Å². The summed E-state index contributed by atoms with van der Waals surface area (Å²) in [6, 6.07) is 5.61. The number of methoxy groups -OCH3 is 2. The second-order valence-electron chi connectivity index (χ2n) is 3.40. The average molecular weight is 224 g/mol. The normalized spacial score (nSPS) is 9.88. The molecule has 0 spiro atoms. The number of carbonyl (C=O) groups is 1. The predicted octanol–water partition coefficient (Wildman–Crippen LogP) is 2.11. The first kappa shape index (κ1) is 12.4. The van der Waals surface area contributed by atoms with Crippen molar-refractivity contribution in [1.82, 2.24) is 0 Å². The molecule has 0 amide bonds. The first-order valence-electron chi connectivity index (χ1n) is 5.10. The van der Waals surface area contributed by atoms with Gasteiger partial charge in [-0.1, -0.05) is 12.1 Å². The molecule has 0 aliphatic carbocycles. The van der Waals surface area contributed by atoms with Crippen molar-refractivity contribution in [1.29, 1.82) is 0 Å². The van der Waals surface area contributed by atoms with Crippen LogP contribution in [0.1, 0.15) is 18.4 Å². The Hall–Kier alpha value is -1.71. The maximum absolute atomic E-state index is 10.4. The van der Waals surface area contributed by atoms with Crippen LogP contribution in [0.2, 0.25) is 0 Å². The Morgan fingerprint density at radius 3 is 2.62 bits per heavy atom. The first-order chi connectivity index (χ1) is 7.69. The molecule has 0 atom stereocenters. The third kappa shape index (κ3) is 3.15. The minimum atomic E-state index is -0.776. The minimum Gasteiger partial charge on any atom is -0.493 e. The Morgan fingerprint density at radius 1 is 1.31 bits per heavy atom. The lowest BCUT2D eigenvalue weighted by molar-refractivity contribution is -0.137. The zero-order chi connectivity index (χ0) is 12.0. The number of carboxylic acids is 1. The second kappa shape index (κ2) is 6.00. The standard InChI is InChI=1S/C12H16O4/c1-15-10-7-3-5-9(12(10)16-2)6-4-8-11(13)14/h3,5,7H,4,6,8H2,1-2H3,(H,13,14). The topological polar surface area (TPSA) is 55.8 Å². The van der Waals surface area contributed by atoms with E-state index in [0.717, 1.165) is 5.56 Å². The zero-order valence-corrected chi connectivity index (χ0v) is 9.53. The van der Waals surface area contributed by atoms with Gasteiger partial charge >= 0.3 is 5.97 Å². The van der Waals surface area contributed by atoms with Crippen molar-refractivity contribution < 1.29 is 19.4 Å². The maximum Gasteiger partial charge on any atom is 0.303 e. The van der Waals surface area contributed by atoms with E-state index in [0.29, 0.717) is 24.3 Å². The number of aryl methyl sites for hydroxylation is 1. The van der Waals surface area contributed by atoms with Crippen LogP contribution in [0.3, 0.4) is 0 Å². The third-order valence-electron chi connectivity index (χ3n) is 2.32. The lowest BCUT2D eigenvalue weighted by Gasteiger charge is -2.11. The van der Waals surface area contributed by atoms with Crippen molar-refractivity contribution in [3.05, 3.63) is 23.8 Å². The molecule has 0 saturated heterocycles. The fraction of sp³-hybridized carbons (Fsp3) is 0.417. The van der Waals surface area contributed by atoms with E-state index in [4.69, 9.17) is 14.6 Å². The first-order valence-corrected chi connectivity index (χ1v) is 5.10. The molecule has 1 aromatic carbocycles. The van der Waals surface area contributed by atoms with Crippen LogP contribution in [0.15, 0.2) is 18.2 Å². The van der Waals surface area contributed by atoms with Gasteiger partial charge in [-0.05, 0) is 24.5 Å². The van der Waals surface area contributed by atoms with Gasteiger partial charge in [0.25, 0.3) is 0 Å². The second-order valence-corrected chi connectivity index (χ2v) is 3.40. The van der Waals surface area contributed by atoms with Gasteiger partial charge in [0, 0.05) is 6.42 Å². The number of hydrogen-bond donors (Lipinski definition) is 1. The van der Waals surface area contributed by atoms with Gasteiger partial charge in [-0.25, -0.2) is 0 Å². The van der Waals surface area contributed by atoms with Gasteiger partial charge in [0.15, 0.2) is 11.5 Å². The molecule has 0 heterocycles. The highest BCUT2D eigenvalue weighted by molar-refractivity contribution is 5.66. The van der Waals surface area contributed by atoms with Crippen LogP contribution in [-0.2, 0) is 11.2 Å². The summed E-state index contributed by atoms with van der Waals surface area (Å²) in [5.74, 6) is 0.590. The SMILES string of the molecule is COc1cccc(CCCC(=O)O)c1OC. The number of benzene rings is 1.